The summed E-state index contributed by atoms with van der Waals surface area (Å²) < 4.78 is 39.9. The standard InChI is InChI=1S/C21H20F3N3OS/c1-11-8-9-12(2)14(10-11)18-17(13(3)25-20(29)27-18)19(28)26-16-7-5-4-6-15(16)21(22,23)24/h4-10,18H,1-3H3,(H,26,28)(H2,25,27,29)/t18-/m0/s1. The van der Waals surface area contributed by atoms with E-state index in [0.29, 0.717) is 10.8 Å². The van der Waals surface area contributed by atoms with Crippen LogP contribution >= 0.6 is 12.2 Å². The van der Waals surface area contributed by atoms with E-state index < -0.39 is 23.7 Å². The summed E-state index contributed by atoms with van der Waals surface area (Å²) >= 11 is 5.24. The average molecular weight is 419 g/mol. The van der Waals surface area contributed by atoms with Gasteiger partial charge in [0.25, 0.3) is 5.91 Å². The Balaban J connectivity index is 2.03. The molecule has 2 aromatic carbocycles. The van der Waals surface area contributed by atoms with Crippen molar-refractivity contribution in [2.24, 2.45) is 0 Å². The van der Waals surface area contributed by atoms with Gasteiger partial charge in [-0.25, -0.2) is 0 Å². The first-order valence-corrected chi connectivity index (χ1v) is 9.31. The van der Waals surface area contributed by atoms with E-state index >= 15 is 0 Å². The zero-order chi connectivity index (χ0) is 21.3. The van der Waals surface area contributed by atoms with Gasteiger partial charge >= 0.3 is 6.18 Å². The zero-order valence-electron chi connectivity index (χ0n) is 16.1. The van der Waals surface area contributed by atoms with Crippen molar-refractivity contribution in [2.45, 2.75) is 33.0 Å². The number of anilines is 1. The van der Waals surface area contributed by atoms with Gasteiger partial charge in [-0.1, -0.05) is 35.9 Å². The van der Waals surface area contributed by atoms with E-state index in [0.717, 1.165) is 22.8 Å². The molecule has 0 spiro atoms. The molecule has 1 heterocycles. The molecule has 1 aliphatic rings. The maximum absolute atomic E-state index is 13.3. The molecule has 0 aliphatic carbocycles. The number of nitrogens with one attached hydrogen (secondary N) is 3. The summed E-state index contributed by atoms with van der Waals surface area (Å²) in [5, 5.41) is 8.74. The van der Waals surface area contributed by atoms with Crippen LogP contribution in [0, 0.1) is 13.8 Å². The molecule has 152 valence electrons. The third-order valence-electron chi connectivity index (χ3n) is 4.74. The van der Waals surface area contributed by atoms with Gasteiger partial charge < -0.3 is 16.0 Å². The number of carbonyl (C=O) groups excluding carboxylic acids is 1. The lowest BCUT2D eigenvalue weighted by molar-refractivity contribution is -0.137. The molecule has 0 bridgehead atoms. The number of thiocarbonyl (C=S) groups is 1. The Labute approximate surface area is 172 Å². The first kappa shape index (κ1) is 20.9. The van der Waals surface area contributed by atoms with Crippen molar-refractivity contribution < 1.29 is 18.0 Å². The molecule has 1 atom stereocenters. The Kier molecular flexibility index (Phi) is 5.66. The second kappa shape index (κ2) is 7.87. The van der Waals surface area contributed by atoms with Crippen molar-refractivity contribution in [3.63, 3.8) is 0 Å². The van der Waals surface area contributed by atoms with Crippen molar-refractivity contribution in [2.75, 3.05) is 5.32 Å². The smallest absolute Gasteiger partial charge is 0.351 e. The van der Waals surface area contributed by atoms with Crippen molar-refractivity contribution in [1.29, 1.82) is 0 Å². The van der Waals surface area contributed by atoms with Crippen LogP contribution in [0.25, 0.3) is 0 Å². The van der Waals surface area contributed by atoms with Gasteiger partial charge in [0.1, 0.15) is 0 Å². The zero-order valence-corrected chi connectivity index (χ0v) is 16.9. The van der Waals surface area contributed by atoms with Gasteiger partial charge in [0.15, 0.2) is 5.11 Å². The Hall–Kier alpha value is -2.87. The highest BCUT2D eigenvalue weighted by atomic mass is 32.1. The molecule has 29 heavy (non-hydrogen) atoms. The average Bonchev–Trinajstić information content (AvgIpc) is 2.62. The van der Waals surface area contributed by atoms with E-state index in [1.54, 1.807) is 6.92 Å². The van der Waals surface area contributed by atoms with E-state index in [9.17, 15) is 18.0 Å². The number of rotatable bonds is 3. The molecule has 4 nitrogen and oxygen atoms in total. The largest absolute Gasteiger partial charge is 0.418 e. The number of halogens is 3. The Morgan fingerprint density at radius 1 is 1.10 bits per heavy atom. The van der Waals surface area contributed by atoms with E-state index in [4.69, 9.17) is 12.2 Å². The van der Waals surface area contributed by atoms with Gasteiger partial charge in [-0.3, -0.25) is 4.79 Å². The van der Waals surface area contributed by atoms with Crippen LogP contribution in [-0.4, -0.2) is 11.0 Å². The fourth-order valence-corrected chi connectivity index (χ4v) is 3.60. The summed E-state index contributed by atoms with van der Waals surface area (Å²) in [4.78, 5) is 13.1. The highest BCUT2D eigenvalue weighted by molar-refractivity contribution is 7.80. The lowest BCUT2D eigenvalue weighted by Gasteiger charge is -2.31. The van der Waals surface area contributed by atoms with Crippen LogP contribution in [0.5, 0.6) is 0 Å². The maximum atomic E-state index is 13.3. The van der Waals surface area contributed by atoms with Crippen LogP contribution in [0.4, 0.5) is 18.9 Å². The molecular formula is C21H20F3N3OS. The number of aryl methyl sites for hydroxylation is 2. The normalized spacial score (nSPS) is 16.9. The molecule has 2 aromatic rings. The molecule has 0 radical (unpaired) electrons. The molecule has 0 saturated carbocycles. The van der Waals surface area contributed by atoms with Gasteiger partial charge in [-0.15, -0.1) is 0 Å². The van der Waals surface area contributed by atoms with Crippen molar-refractivity contribution in [3.05, 3.63) is 76.0 Å². The minimum absolute atomic E-state index is 0.282. The number of hydrogen-bond donors (Lipinski definition) is 3. The van der Waals surface area contributed by atoms with Crippen LogP contribution in [-0.2, 0) is 11.0 Å². The molecule has 8 heteroatoms. The summed E-state index contributed by atoms with van der Waals surface area (Å²) in [5.74, 6) is -0.632. The van der Waals surface area contributed by atoms with E-state index in [-0.39, 0.29) is 11.3 Å². The Morgan fingerprint density at radius 3 is 2.48 bits per heavy atom. The molecule has 0 saturated heterocycles. The predicted octanol–water partition coefficient (Wildman–Crippen LogP) is 4.75. The van der Waals surface area contributed by atoms with Gasteiger partial charge in [0.2, 0.25) is 0 Å². The molecule has 0 aromatic heterocycles. The highest BCUT2D eigenvalue weighted by Gasteiger charge is 2.35. The molecule has 1 aliphatic heterocycles. The lowest BCUT2D eigenvalue weighted by atomic mass is 9.90. The third-order valence-corrected chi connectivity index (χ3v) is 4.96. The van der Waals surface area contributed by atoms with E-state index in [1.807, 2.05) is 32.0 Å². The third kappa shape index (κ3) is 4.42. The van der Waals surface area contributed by atoms with Crippen molar-refractivity contribution in [3.8, 4) is 0 Å². The first-order chi connectivity index (χ1) is 13.6. The van der Waals surface area contributed by atoms with E-state index in [1.165, 1.54) is 18.2 Å². The van der Waals surface area contributed by atoms with Crippen LogP contribution in [0.1, 0.15) is 35.2 Å². The predicted molar refractivity (Wildman–Crippen MR) is 110 cm³/mol. The summed E-state index contributed by atoms with van der Waals surface area (Å²) in [6, 6.07) is 10.1. The summed E-state index contributed by atoms with van der Waals surface area (Å²) in [6.07, 6.45) is -4.58. The Morgan fingerprint density at radius 2 is 1.79 bits per heavy atom. The molecule has 0 unspecified atom stereocenters. The van der Waals surface area contributed by atoms with Gasteiger partial charge in [0, 0.05) is 5.70 Å². The first-order valence-electron chi connectivity index (χ1n) is 8.91. The number of para-hydroxylation sites is 1. The van der Waals surface area contributed by atoms with Crippen LogP contribution in [0.3, 0.4) is 0 Å². The summed E-state index contributed by atoms with van der Waals surface area (Å²) in [7, 11) is 0. The summed E-state index contributed by atoms with van der Waals surface area (Å²) in [5.41, 5.74) is 2.34. The number of benzene rings is 2. The van der Waals surface area contributed by atoms with Gasteiger partial charge in [-0.2, -0.15) is 13.2 Å². The molecular weight excluding hydrogens is 399 g/mol. The minimum atomic E-state index is -4.58. The minimum Gasteiger partial charge on any atom is -0.351 e. The quantitative estimate of drug-likeness (QED) is 0.629. The van der Waals surface area contributed by atoms with Gasteiger partial charge in [0.05, 0.1) is 22.9 Å². The molecule has 3 N–H and O–H groups in total. The monoisotopic (exact) mass is 419 g/mol. The summed E-state index contributed by atoms with van der Waals surface area (Å²) in [6.45, 7) is 5.51. The number of carbonyl (C=O) groups is 1. The number of amides is 1. The lowest BCUT2D eigenvalue weighted by Crippen LogP contribution is -2.46. The van der Waals surface area contributed by atoms with Crippen molar-refractivity contribution in [1.82, 2.24) is 10.6 Å². The number of hydrogen-bond acceptors (Lipinski definition) is 2. The highest BCUT2D eigenvalue weighted by Crippen LogP contribution is 2.36. The molecule has 1 amide bonds. The number of allylic oxidation sites excluding steroid dienone is 1. The second-order valence-corrected chi connectivity index (χ2v) is 7.34. The Bertz CT molecular complexity index is 1010. The van der Waals surface area contributed by atoms with E-state index in [2.05, 4.69) is 16.0 Å². The molecule has 3 rings (SSSR count). The van der Waals surface area contributed by atoms with Crippen LogP contribution in [0.15, 0.2) is 53.7 Å². The fraction of sp³-hybridized carbons (Fsp3) is 0.238. The fourth-order valence-electron chi connectivity index (χ4n) is 3.33. The van der Waals surface area contributed by atoms with Crippen LogP contribution < -0.4 is 16.0 Å². The molecule has 0 fully saturated rings. The maximum Gasteiger partial charge on any atom is 0.418 e. The van der Waals surface area contributed by atoms with Crippen LogP contribution in [0.2, 0.25) is 0 Å². The van der Waals surface area contributed by atoms with Crippen molar-refractivity contribution >= 4 is 28.9 Å². The topological polar surface area (TPSA) is 53.2 Å². The van der Waals surface area contributed by atoms with Gasteiger partial charge in [-0.05, 0) is 56.2 Å². The SMILES string of the molecule is CC1=C(C(=O)Nc2ccccc2C(F)(F)F)[C@H](c2cc(C)ccc2C)NC(=S)N1. The second-order valence-electron chi connectivity index (χ2n) is 6.93. The number of alkyl halides is 3.